The van der Waals surface area contributed by atoms with Crippen molar-refractivity contribution in [2.24, 2.45) is 0 Å². The number of nitrogens with zero attached hydrogens (tertiary/aromatic N) is 1. The lowest BCUT2D eigenvalue weighted by atomic mass is 10.1. The normalized spacial score (nSPS) is 15.6. The van der Waals surface area contributed by atoms with Gasteiger partial charge in [0.25, 0.3) is 0 Å². The van der Waals surface area contributed by atoms with E-state index in [1.54, 1.807) is 0 Å². The fourth-order valence-corrected chi connectivity index (χ4v) is 3.05. The maximum atomic E-state index is 12.0. The van der Waals surface area contributed by atoms with Gasteiger partial charge in [0.2, 0.25) is 5.91 Å². The number of aromatic nitrogens is 1. The number of hydrogen-bond donors (Lipinski definition) is 2. The summed E-state index contributed by atoms with van der Waals surface area (Å²) in [6.45, 7) is 4.33. The summed E-state index contributed by atoms with van der Waals surface area (Å²) in [4.78, 5) is 17.7. The third-order valence-electron chi connectivity index (χ3n) is 4.20. The first-order chi connectivity index (χ1) is 10.3. The molecule has 2 heterocycles. The SMILES string of the molecule is O=C(Cc1c[nH]c2ccccc12)NCCCN1CCCC1. The Morgan fingerprint density at radius 3 is 2.90 bits per heavy atom. The van der Waals surface area contributed by atoms with Crippen LogP contribution in [0.25, 0.3) is 10.9 Å². The van der Waals surface area contributed by atoms with Crippen LogP contribution < -0.4 is 5.32 Å². The average Bonchev–Trinajstić information content (AvgIpc) is 3.14. The molecule has 1 saturated heterocycles. The molecule has 1 aromatic carbocycles. The van der Waals surface area contributed by atoms with Crippen molar-refractivity contribution in [1.29, 1.82) is 0 Å². The molecule has 112 valence electrons. The van der Waals surface area contributed by atoms with E-state index < -0.39 is 0 Å². The number of carbonyl (C=O) groups is 1. The molecule has 0 bridgehead atoms. The van der Waals surface area contributed by atoms with Crippen molar-refractivity contribution in [3.05, 3.63) is 36.0 Å². The monoisotopic (exact) mass is 285 g/mol. The van der Waals surface area contributed by atoms with E-state index in [1.807, 2.05) is 24.4 Å². The second-order valence-electron chi connectivity index (χ2n) is 5.79. The first-order valence-corrected chi connectivity index (χ1v) is 7.87. The molecule has 21 heavy (non-hydrogen) atoms. The standard InChI is InChI=1S/C17H23N3O/c21-17(18-8-5-11-20-9-3-4-10-20)12-14-13-19-16-7-2-1-6-15(14)16/h1-2,6-7,13,19H,3-5,8-12H2,(H,18,21). The van der Waals surface area contributed by atoms with Crippen LogP contribution in [0, 0.1) is 0 Å². The molecular formula is C17H23N3O. The number of aromatic amines is 1. The number of nitrogens with one attached hydrogen (secondary N) is 2. The Labute approximate surface area is 125 Å². The van der Waals surface area contributed by atoms with Gasteiger partial charge in [-0.1, -0.05) is 18.2 Å². The molecule has 2 N–H and O–H groups in total. The summed E-state index contributed by atoms with van der Waals surface area (Å²) >= 11 is 0. The zero-order valence-corrected chi connectivity index (χ0v) is 12.4. The lowest BCUT2D eigenvalue weighted by molar-refractivity contribution is -0.120. The van der Waals surface area contributed by atoms with E-state index in [1.165, 1.54) is 25.9 Å². The fraction of sp³-hybridized carbons (Fsp3) is 0.471. The van der Waals surface area contributed by atoms with Crippen LogP contribution in [0.1, 0.15) is 24.8 Å². The van der Waals surface area contributed by atoms with Gasteiger partial charge in [-0.25, -0.2) is 0 Å². The van der Waals surface area contributed by atoms with Crippen LogP contribution in [0.4, 0.5) is 0 Å². The molecule has 3 rings (SSSR count). The molecule has 1 fully saturated rings. The van der Waals surface area contributed by atoms with Crippen molar-refractivity contribution in [2.75, 3.05) is 26.2 Å². The molecule has 0 aliphatic carbocycles. The van der Waals surface area contributed by atoms with E-state index in [9.17, 15) is 4.79 Å². The summed E-state index contributed by atoms with van der Waals surface area (Å²) < 4.78 is 0. The highest BCUT2D eigenvalue weighted by molar-refractivity contribution is 5.88. The van der Waals surface area contributed by atoms with E-state index >= 15 is 0 Å². The Balaban J connectivity index is 1.43. The number of rotatable bonds is 6. The van der Waals surface area contributed by atoms with Gasteiger partial charge in [0, 0.05) is 23.6 Å². The number of fused-ring (bicyclic) bond motifs is 1. The zero-order chi connectivity index (χ0) is 14.5. The van der Waals surface area contributed by atoms with Crippen LogP contribution in [0.2, 0.25) is 0 Å². The quantitative estimate of drug-likeness (QED) is 0.800. The van der Waals surface area contributed by atoms with E-state index in [2.05, 4.69) is 21.3 Å². The molecule has 0 radical (unpaired) electrons. The molecule has 0 unspecified atom stereocenters. The second kappa shape index (κ2) is 6.76. The molecule has 4 heteroatoms. The van der Waals surface area contributed by atoms with Crippen molar-refractivity contribution in [2.45, 2.75) is 25.7 Å². The number of hydrogen-bond acceptors (Lipinski definition) is 2. The highest BCUT2D eigenvalue weighted by Crippen LogP contribution is 2.17. The molecule has 2 aromatic rings. The van der Waals surface area contributed by atoms with Crippen molar-refractivity contribution in [1.82, 2.24) is 15.2 Å². The summed E-state index contributed by atoms with van der Waals surface area (Å²) in [6.07, 6.45) is 6.08. The smallest absolute Gasteiger partial charge is 0.224 e. The number of amides is 1. The van der Waals surface area contributed by atoms with Crippen LogP contribution in [0.15, 0.2) is 30.5 Å². The van der Waals surface area contributed by atoms with Crippen molar-refractivity contribution >= 4 is 16.8 Å². The molecule has 0 saturated carbocycles. The first-order valence-electron chi connectivity index (χ1n) is 7.87. The van der Waals surface area contributed by atoms with Gasteiger partial charge in [-0.05, 0) is 50.5 Å². The molecule has 1 aromatic heterocycles. The van der Waals surface area contributed by atoms with Gasteiger partial charge in [0.05, 0.1) is 6.42 Å². The van der Waals surface area contributed by atoms with Crippen LogP contribution in [-0.4, -0.2) is 42.0 Å². The Morgan fingerprint density at radius 1 is 1.24 bits per heavy atom. The van der Waals surface area contributed by atoms with Gasteiger partial charge >= 0.3 is 0 Å². The summed E-state index contributed by atoms with van der Waals surface area (Å²) in [5, 5.41) is 4.17. The molecule has 0 atom stereocenters. The van der Waals surface area contributed by atoms with Crippen molar-refractivity contribution in [3.8, 4) is 0 Å². The Hall–Kier alpha value is -1.81. The minimum Gasteiger partial charge on any atom is -0.361 e. The number of carbonyl (C=O) groups excluding carboxylic acids is 1. The Bertz CT molecular complexity index is 599. The highest BCUT2D eigenvalue weighted by Gasteiger charge is 2.11. The largest absolute Gasteiger partial charge is 0.361 e. The van der Waals surface area contributed by atoms with E-state index in [4.69, 9.17) is 0 Å². The fourth-order valence-electron chi connectivity index (χ4n) is 3.05. The summed E-state index contributed by atoms with van der Waals surface area (Å²) in [5.74, 6) is 0.112. The summed E-state index contributed by atoms with van der Waals surface area (Å²) in [5.41, 5.74) is 2.16. The van der Waals surface area contributed by atoms with Gasteiger partial charge < -0.3 is 15.2 Å². The Kier molecular flexibility index (Phi) is 4.55. The topological polar surface area (TPSA) is 48.1 Å². The average molecular weight is 285 g/mol. The molecule has 1 aliphatic rings. The molecular weight excluding hydrogens is 262 g/mol. The van der Waals surface area contributed by atoms with Gasteiger partial charge in [-0.15, -0.1) is 0 Å². The van der Waals surface area contributed by atoms with E-state index in [0.717, 1.165) is 36.0 Å². The van der Waals surface area contributed by atoms with Gasteiger partial charge in [0.1, 0.15) is 0 Å². The van der Waals surface area contributed by atoms with Crippen LogP contribution in [-0.2, 0) is 11.2 Å². The maximum Gasteiger partial charge on any atom is 0.224 e. The third kappa shape index (κ3) is 3.64. The van der Waals surface area contributed by atoms with Gasteiger partial charge in [0.15, 0.2) is 0 Å². The number of likely N-dealkylation sites (tertiary alicyclic amines) is 1. The second-order valence-corrected chi connectivity index (χ2v) is 5.79. The number of para-hydroxylation sites is 1. The highest BCUT2D eigenvalue weighted by atomic mass is 16.1. The lowest BCUT2D eigenvalue weighted by Crippen LogP contribution is -2.29. The van der Waals surface area contributed by atoms with Crippen molar-refractivity contribution < 1.29 is 4.79 Å². The van der Waals surface area contributed by atoms with E-state index in [0.29, 0.717) is 6.42 Å². The maximum absolute atomic E-state index is 12.0. The summed E-state index contributed by atoms with van der Waals surface area (Å²) in [7, 11) is 0. The van der Waals surface area contributed by atoms with Crippen molar-refractivity contribution in [3.63, 3.8) is 0 Å². The van der Waals surface area contributed by atoms with Gasteiger partial charge in [-0.3, -0.25) is 4.79 Å². The van der Waals surface area contributed by atoms with Gasteiger partial charge in [-0.2, -0.15) is 0 Å². The van der Waals surface area contributed by atoms with Crippen LogP contribution in [0.3, 0.4) is 0 Å². The zero-order valence-electron chi connectivity index (χ0n) is 12.4. The van der Waals surface area contributed by atoms with E-state index in [-0.39, 0.29) is 5.91 Å². The minimum atomic E-state index is 0.112. The molecule has 1 amide bonds. The Morgan fingerprint density at radius 2 is 2.05 bits per heavy atom. The third-order valence-corrected chi connectivity index (χ3v) is 4.20. The molecule has 4 nitrogen and oxygen atoms in total. The van der Waals surface area contributed by atoms with Crippen LogP contribution in [0.5, 0.6) is 0 Å². The molecule has 1 aliphatic heterocycles. The number of H-pyrrole nitrogens is 1. The molecule has 0 spiro atoms. The lowest BCUT2D eigenvalue weighted by Gasteiger charge is -2.14. The predicted octanol–water partition coefficient (Wildman–Crippen LogP) is 2.31. The summed E-state index contributed by atoms with van der Waals surface area (Å²) in [6, 6.07) is 8.10. The predicted molar refractivity (Wildman–Crippen MR) is 85.3 cm³/mol. The first kappa shape index (κ1) is 14.1. The number of benzene rings is 1. The minimum absolute atomic E-state index is 0.112. The van der Waals surface area contributed by atoms with Crippen LogP contribution >= 0.6 is 0 Å².